The van der Waals surface area contributed by atoms with Crippen molar-refractivity contribution in [2.45, 2.75) is 26.4 Å². The minimum absolute atomic E-state index is 0.373. The van der Waals surface area contributed by atoms with Crippen molar-refractivity contribution in [2.24, 2.45) is 5.73 Å². The lowest BCUT2D eigenvalue weighted by Crippen LogP contribution is -2.33. The first kappa shape index (κ1) is 21.7. The van der Waals surface area contributed by atoms with E-state index in [1.807, 2.05) is 26.8 Å². The van der Waals surface area contributed by atoms with Crippen LogP contribution in [0.2, 0.25) is 0 Å². The molecule has 1 amide bonds. The number of nitrogens with zero attached hydrogens (tertiary/aromatic N) is 2. The lowest BCUT2D eigenvalue weighted by Gasteiger charge is -2.19. The van der Waals surface area contributed by atoms with Gasteiger partial charge in [-0.2, -0.15) is 0 Å². The van der Waals surface area contributed by atoms with E-state index >= 15 is 0 Å². The van der Waals surface area contributed by atoms with Crippen molar-refractivity contribution in [2.75, 3.05) is 48.3 Å². The van der Waals surface area contributed by atoms with Crippen molar-refractivity contribution in [3.05, 3.63) is 12.4 Å². The lowest BCUT2D eigenvalue weighted by molar-refractivity contribution is 0.0531. The second-order valence-corrected chi connectivity index (χ2v) is 8.71. The summed E-state index contributed by atoms with van der Waals surface area (Å²) >= 11 is 0. The van der Waals surface area contributed by atoms with Gasteiger partial charge in [0.25, 0.3) is 0 Å². The van der Waals surface area contributed by atoms with Crippen molar-refractivity contribution in [3.63, 3.8) is 0 Å². The number of aromatic nitrogens is 2. The highest BCUT2D eigenvalue weighted by molar-refractivity contribution is 8.76. The maximum Gasteiger partial charge on any atom is 0.407 e. The number of hydrogen-bond acceptors (Lipinski definition) is 9. The molecule has 0 aliphatic rings. The summed E-state index contributed by atoms with van der Waals surface area (Å²) in [6.07, 6.45) is 1.15. The van der Waals surface area contributed by atoms with Crippen LogP contribution in [0.1, 0.15) is 20.8 Å². The number of ether oxygens (including phenoxy) is 1. The van der Waals surface area contributed by atoms with Gasteiger partial charge in [0, 0.05) is 43.8 Å². The largest absolute Gasteiger partial charge is 0.444 e. The van der Waals surface area contributed by atoms with Crippen molar-refractivity contribution in [1.82, 2.24) is 15.3 Å². The Balaban J connectivity index is 2.04. The van der Waals surface area contributed by atoms with Gasteiger partial charge < -0.3 is 26.4 Å². The molecule has 0 atom stereocenters. The fraction of sp³-hybridized carbons (Fsp3) is 0.667. The Morgan fingerprint density at radius 3 is 2.32 bits per heavy atom. The average Bonchev–Trinajstić information content (AvgIpc) is 2.54. The number of amides is 1. The minimum Gasteiger partial charge on any atom is -0.444 e. The van der Waals surface area contributed by atoms with Crippen LogP contribution in [0.15, 0.2) is 12.4 Å². The third-order valence-electron chi connectivity index (χ3n) is 2.55. The summed E-state index contributed by atoms with van der Waals surface area (Å²) in [5.74, 6) is 3.29. The maximum atomic E-state index is 11.5. The molecule has 0 fully saturated rings. The van der Waals surface area contributed by atoms with E-state index in [-0.39, 0.29) is 6.09 Å². The summed E-state index contributed by atoms with van der Waals surface area (Å²) in [6.45, 7) is 8.16. The summed E-state index contributed by atoms with van der Waals surface area (Å²) in [4.78, 5) is 19.8. The number of nitrogens with one attached hydrogen (secondary N) is 3. The lowest BCUT2D eigenvalue weighted by atomic mass is 10.2. The first-order valence-corrected chi connectivity index (χ1v) is 10.6. The number of anilines is 2. The van der Waals surface area contributed by atoms with E-state index in [2.05, 4.69) is 25.9 Å². The quantitative estimate of drug-likeness (QED) is 0.334. The molecule has 0 saturated heterocycles. The van der Waals surface area contributed by atoms with E-state index in [0.29, 0.717) is 19.6 Å². The van der Waals surface area contributed by atoms with Gasteiger partial charge in [0.2, 0.25) is 0 Å². The van der Waals surface area contributed by atoms with Crippen LogP contribution in [0.25, 0.3) is 0 Å². The summed E-state index contributed by atoms with van der Waals surface area (Å²) < 4.78 is 5.17. The van der Waals surface area contributed by atoms with Crippen molar-refractivity contribution in [1.29, 1.82) is 0 Å². The van der Waals surface area contributed by atoms with Gasteiger partial charge in [0.05, 0.1) is 0 Å². The smallest absolute Gasteiger partial charge is 0.407 e. The van der Waals surface area contributed by atoms with Crippen LogP contribution in [0.3, 0.4) is 0 Å². The first-order chi connectivity index (χ1) is 11.9. The zero-order valence-corrected chi connectivity index (χ0v) is 16.6. The maximum absolute atomic E-state index is 11.5. The Morgan fingerprint density at radius 1 is 1.12 bits per heavy atom. The molecule has 0 bridgehead atoms. The molecule has 0 spiro atoms. The standard InChI is InChI=1S/C15H28N6O2S2/c1-15(2,3)23-14(22)19-7-9-25-24-8-6-18-13-10-12(17-5-4-16)20-11-21-13/h10-11H,4-9,16H2,1-3H3,(H,19,22)(H2,17,18,20,21). The predicted molar refractivity (Wildman–Crippen MR) is 107 cm³/mol. The van der Waals surface area contributed by atoms with Gasteiger partial charge in [-0.15, -0.1) is 0 Å². The normalized spacial score (nSPS) is 11.0. The van der Waals surface area contributed by atoms with Gasteiger partial charge in [0.15, 0.2) is 0 Å². The summed E-state index contributed by atoms with van der Waals surface area (Å²) in [6, 6.07) is 1.86. The number of carbonyl (C=O) groups is 1. The highest BCUT2D eigenvalue weighted by Gasteiger charge is 2.15. The van der Waals surface area contributed by atoms with Crippen LogP contribution >= 0.6 is 21.6 Å². The zero-order chi connectivity index (χ0) is 18.5. The van der Waals surface area contributed by atoms with Crippen molar-refractivity contribution in [3.8, 4) is 0 Å². The topological polar surface area (TPSA) is 114 Å². The van der Waals surface area contributed by atoms with Crippen LogP contribution in [0.4, 0.5) is 16.4 Å². The Kier molecular flexibility index (Phi) is 10.4. The van der Waals surface area contributed by atoms with E-state index in [0.717, 1.165) is 29.7 Å². The fourth-order valence-electron chi connectivity index (χ4n) is 1.60. The third-order valence-corrected chi connectivity index (χ3v) is 4.95. The van der Waals surface area contributed by atoms with Crippen molar-refractivity contribution >= 4 is 39.3 Å². The van der Waals surface area contributed by atoms with E-state index in [4.69, 9.17) is 10.5 Å². The van der Waals surface area contributed by atoms with E-state index in [1.165, 1.54) is 6.33 Å². The number of alkyl carbamates (subject to hydrolysis) is 1. The van der Waals surface area contributed by atoms with Crippen LogP contribution in [0, 0.1) is 0 Å². The third kappa shape index (κ3) is 11.7. The van der Waals surface area contributed by atoms with E-state index < -0.39 is 5.60 Å². The van der Waals surface area contributed by atoms with Gasteiger partial charge in [-0.05, 0) is 20.8 Å². The summed E-state index contributed by atoms with van der Waals surface area (Å²) in [5, 5.41) is 9.10. The molecule has 0 saturated carbocycles. The molecule has 1 rings (SSSR count). The van der Waals surface area contributed by atoms with Gasteiger partial charge in [-0.3, -0.25) is 0 Å². The summed E-state index contributed by atoms with van der Waals surface area (Å²) in [5.41, 5.74) is 4.99. The highest BCUT2D eigenvalue weighted by Crippen LogP contribution is 2.20. The number of rotatable bonds is 11. The molecular weight excluding hydrogens is 360 g/mol. The first-order valence-electron chi connectivity index (χ1n) is 8.12. The molecule has 142 valence electrons. The van der Waals surface area contributed by atoms with E-state index in [1.54, 1.807) is 21.6 Å². The zero-order valence-electron chi connectivity index (χ0n) is 15.0. The number of hydrogen-bond donors (Lipinski definition) is 4. The van der Waals surface area contributed by atoms with Gasteiger partial charge >= 0.3 is 6.09 Å². The van der Waals surface area contributed by atoms with Gasteiger partial charge in [0.1, 0.15) is 23.6 Å². The fourth-order valence-corrected chi connectivity index (χ4v) is 3.41. The Labute approximate surface area is 157 Å². The van der Waals surface area contributed by atoms with E-state index in [9.17, 15) is 4.79 Å². The van der Waals surface area contributed by atoms with Crippen LogP contribution in [-0.4, -0.2) is 59.3 Å². The molecule has 1 aromatic heterocycles. The molecular formula is C15H28N6O2S2. The Hall–Kier alpha value is -1.39. The molecule has 5 N–H and O–H groups in total. The SMILES string of the molecule is CC(C)(C)OC(=O)NCCSSCCNc1cc(NCCN)ncn1. The molecule has 0 radical (unpaired) electrons. The highest BCUT2D eigenvalue weighted by atomic mass is 33.1. The Morgan fingerprint density at radius 2 is 1.72 bits per heavy atom. The molecule has 0 aliphatic carbocycles. The molecule has 1 aromatic rings. The van der Waals surface area contributed by atoms with Gasteiger partial charge in [-0.1, -0.05) is 21.6 Å². The second kappa shape index (κ2) is 12.0. The Bertz CT molecular complexity index is 513. The summed E-state index contributed by atoms with van der Waals surface area (Å²) in [7, 11) is 3.45. The molecule has 1 heterocycles. The van der Waals surface area contributed by atoms with Gasteiger partial charge in [-0.25, -0.2) is 14.8 Å². The van der Waals surface area contributed by atoms with Crippen molar-refractivity contribution < 1.29 is 9.53 Å². The molecule has 0 aliphatic heterocycles. The minimum atomic E-state index is -0.460. The molecule has 0 aromatic carbocycles. The molecule has 0 unspecified atom stereocenters. The van der Waals surface area contributed by atoms with Crippen LogP contribution in [-0.2, 0) is 4.74 Å². The monoisotopic (exact) mass is 388 g/mol. The average molecular weight is 389 g/mol. The molecule has 8 nitrogen and oxygen atoms in total. The number of carbonyl (C=O) groups excluding carboxylic acids is 1. The number of nitrogens with two attached hydrogens (primary N) is 1. The second-order valence-electron chi connectivity index (χ2n) is 6.00. The predicted octanol–water partition coefficient (Wildman–Crippen LogP) is 2.17. The van der Waals surface area contributed by atoms with Crippen LogP contribution in [0.5, 0.6) is 0 Å². The van der Waals surface area contributed by atoms with Crippen LogP contribution < -0.4 is 21.7 Å². The molecule has 10 heteroatoms. The molecule has 25 heavy (non-hydrogen) atoms.